The van der Waals surface area contributed by atoms with Crippen LogP contribution in [0.15, 0.2) is 42.6 Å². The van der Waals surface area contributed by atoms with E-state index in [0.29, 0.717) is 25.4 Å². The lowest BCUT2D eigenvalue weighted by Gasteiger charge is -2.16. The minimum Gasteiger partial charge on any atom is -0.454 e. The zero-order valence-corrected chi connectivity index (χ0v) is 17.4. The van der Waals surface area contributed by atoms with Crippen molar-refractivity contribution in [3.05, 3.63) is 59.3 Å². The molecule has 160 valence electrons. The van der Waals surface area contributed by atoms with Gasteiger partial charge in [0.05, 0.1) is 5.92 Å². The number of H-pyrrole nitrogens is 1. The van der Waals surface area contributed by atoms with Gasteiger partial charge in [-0.05, 0) is 48.7 Å². The summed E-state index contributed by atoms with van der Waals surface area (Å²) >= 11 is 0. The van der Waals surface area contributed by atoms with Crippen LogP contribution in [0.2, 0.25) is 0 Å². The van der Waals surface area contributed by atoms with Crippen LogP contribution in [0.4, 0.5) is 0 Å². The summed E-state index contributed by atoms with van der Waals surface area (Å²) in [6.45, 7) is 3.78. The highest BCUT2D eigenvalue weighted by atomic mass is 16.7. The minimum atomic E-state index is -0.313. The molecule has 7 heteroatoms. The average Bonchev–Trinajstić information content (AvgIpc) is 3.48. The molecule has 1 saturated heterocycles. The molecule has 2 aliphatic heterocycles. The number of aryl methyl sites for hydroxylation is 1. The molecule has 3 heterocycles. The third kappa shape index (κ3) is 3.95. The molecule has 3 aromatic rings. The second kappa shape index (κ2) is 7.98. The summed E-state index contributed by atoms with van der Waals surface area (Å²) in [5.74, 6) is 1.06. The number of aromatic amines is 1. The zero-order valence-electron chi connectivity index (χ0n) is 17.4. The summed E-state index contributed by atoms with van der Waals surface area (Å²) in [7, 11) is 0. The molecule has 1 fully saturated rings. The highest BCUT2D eigenvalue weighted by Gasteiger charge is 2.34. The monoisotopic (exact) mass is 419 g/mol. The quantitative estimate of drug-likeness (QED) is 0.644. The number of fused-ring (bicyclic) bond motifs is 2. The van der Waals surface area contributed by atoms with Crippen LogP contribution < -0.4 is 14.8 Å². The molecule has 0 radical (unpaired) electrons. The third-order valence-corrected chi connectivity index (χ3v) is 6.06. The number of likely N-dealkylation sites (tertiary alicyclic amines) is 1. The first kappa shape index (κ1) is 19.5. The van der Waals surface area contributed by atoms with E-state index in [9.17, 15) is 9.59 Å². The smallest absolute Gasteiger partial charge is 0.231 e. The second-order valence-corrected chi connectivity index (χ2v) is 8.26. The maximum atomic E-state index is 12.6. The van der Waals surface area contributed by atoms with Gasteiger partial charge in [0.2, 0.25) is 18.6 Å². The van der Waals surface area contributed by atoms with Crippen LogP contribution in [0, 0.1) is 12.8 Å². The molecule has 0 saturated carbocycles. The lowest BCUT2D eigenvalue weighted by molar-refractivity contribution is -0.129. The summed E-state index contributed by atoms with van der Waals surface area (Å²) in [5.41, 5.74) is 4.45. The van der Waals surface area contributed by atoms with Crippen molar-refractivity contribution in [2.45, 2.75) is 26.3 Å². The topological polar surface area (TPSA) is 83.7 Å². The number of hydrogen-bond donors (Lipinski definition) is 2. The van der Waals surface area contributed by atoms with E-state index >= 15 is 0 Å². The third-order valence-electron chi connectivity index (χ3n) is 6.06. The van der Waals surface area contributed by atoms with Crippen LogP contribution in [0.5, 0.6) is 11.5 Å². The van der Waals surface area contributed by atoms with Crippen LogP contribution in [-0.4, -0.2) is 41.6 Å². The summed E-state index contributed by atoms with van der Waals surface area (Å²) in [5, 5.41) is 4.15. The lowest BCUT2D eigenvalue weighted by Crippen LogP contribution is -2.33. The largest absolute Gasteiger partial charge is 0.454 e. The molecule has 0 spiro atoms. The van der Waals surface area contributed by atoms with E-state index in [0.717, 1.165) is 23.3 Å². The van der Waals surface area contributed by atoms with Crippen LogP contribution in [-0.2, 0) is 22.6 Å². The Morgan fingerprint density at radius 2 is 2.06 bits per heavy atom. The van der Waals surface area contributed by atoms with Gasteiger partial charge in [0, 0.05) is 43.2 Å². The highest BCUT2D eigenvalue weighted by molar-refractivity contribution is 5.89. The second-order valence-electron chi connectivity index (χ2n) is 8.26. The van der Waals surface area contributed by atoms with Crippen LogP contribution >= 0.6 is 0 Å². The molecular formula is C24H25N3O4. The number of ether oxygens (including phenoxy) is 2. The Kier molecular flexibility index (Phi) is 5.02. The van der Waals surface area contributed by atoms with E-state index in [1.807, 2.05) is 24.4 Å². The van der Waals surface area contributed by atoms with Gasteiger partial charge in [-0.2, -0.15) is 0 Å². The predicted molar refractivity (Wildman–Crippen MR) is 116 cm³/mol. The summed E-state index contributed by atoms with van der Waals surface area (Å²) in [4.78, 5) is 30.2. The number of benzene rings is 2. The van der Waals surface area contributed by atoms with E-state index in [4.69, 9.17) is 9.47 Å². The van der Waals surface area contributed by atoms with Crippen LogP contribution in [0.25, 0.3) is 10.9 Å². The van der Waals surface area contributed by atoms with Gasteiger partial charge in [-0.15, -0.1) is 0 Å². The van der Waals surface area contributed by atoms with E-state index in [1.165, 1.54) is 16.5 Å². The van der Waals surface area contributed by atoms with Crippen molar-refractivity contribution in [3.8, 4) is 11.5 Å². The minimum absolute atomic E-state index is 0.0410. The van der Waals surface area contributed by atoms with Gasteiger partial charge in [0.15, 0.2) is 11.5 Å². The average molecular weight is 419 g/mol. The van der Waals surface area contributed by atoms with E-state index in [-0.39, 0.29) is 30.9 Å². The first-order valence-electron chi connectivity index (χ1n) is 10.6. The van der Waals surface area contributed by atoms with E-state index in [2.05, 4.69) is 35.4 Å². The summed E-state index contributed by atoms with van der Waals surface area (Å²) in [6.07, 6.45) is 3.04. The van der Waals surface area contributed by atoms with E-state index in [1.54, 1.807) is 4.90 Å². The van der Waals surface area contributed by atoms with Crippen molar-refractivity contribution in [1.82, 2.24) is 15.2 Å². The molecule has 0 aliphatic carbocycles. The summed E-state index contributed by atoms with van der Waals surface area (Å²) < 4.78 is 10.7. The maximum absolute atomic E-state index is 12.6. The SMILES string of the molecule is Cc1ccc2[nH]cc(CCN3C[C@H](C(=O)NCc4ccc5c(c4)OCO5)CC3=O)c2c1. The van der Waals surface area contributed by atoms with Gasteiger partial charge < -0.3 is 24.7 Å². The molecule has 5 rings (SSSR count). The molecular weight excluding hydrogens is 394 g/mol. The number of rotatable bonds is 6. The Bertz CT molecular complexity index is 1150. The molecule has 2 aliphatic rings. The van der Waals surface area contributed by atoms with Crippen molar-refractivity contribution in [1.29, 1.82) is 0 Å². The number of hydrogen-bond acceptors (Lipinski definition) is 4. The number of carbonyl (C=O) groups is 2. The molecule has 2 N–H and O–H groups in total. The van der Waals surface area contributed by atoms with Gasteiger partial charge in [0.25, 0.3) is 0 Å². The molecule has 7 nitrogen and oxygen atoms in total. The standard InChI is InChI=1S/C24H25N3O4/c1-15-2-4-20-19(8-15)17(12-25-20)6-7-27-13-18(10-23(27)28)24(29)26-11-16-3-5-21-22(9-16)31-14-30-21/h2-5,8-9,12,18,25H,6-7,10-11,13-14H2,1H3,(H,26,29)/t18-/m1/s1. The Labute approximate surface area is 180 Å². The molecule has 2 amide bonds. The zero-order chi connectivity index (χ0) is 21.4. The van der Waals surface area contributed by atoms with Gasteiger partial charge in [0.1, 0.15) is 0 Å². The number of carbonyl (C=O) groups excluding carboxylic acids is 2. The first-order chi connectivity index (χ1) is 15.1. The molecule has 1 atom stereocenters. The van der Waals surface area contributed by atoms with Crippen molar-refractivity contribution in [2.75, 3.05) is 19.9 Å². The van der Waals surface area contributed by atoms with Crippen molar-refractivity contribution in [2.24, 2.45) is 5.92 Å². The molecule has 1 aromatic heterocycles. The van der Waals surface area contributed by atoms with Gasteiger partial charge in [-0.1, -0.05) is 17.7 Å². The number of aromatic nitrogens is 1. The van der Waals surface area contributed by atoms with Crippen molar-refractivity contribution >= 4 is 22.7 Å². The Balaban J connectivity index is 1.16. The molecule has 2 aromatic carbocycles. The van der Waals surface area contributed by atoms with Crippen molar-refractivity contribution < 1.29 is 19.1 Å². The van der Waals surface area contributed by atoms with Crippen LogP contribution in [0.1, 0.15) is 23.1 Å². The number of nitrogens with one attached hydrogen (secondary N) is 2. The lowest BCUT2D eigenvalue weighted by atomic mass is 10.1. The van der Waals surface area contributed by atoms with Gasteiger partial charge in [-0.3, -0.25) is 9.59 Å². The predicted octanol–water partition coefficient (Wildman–Crippen LogP) is 2.91. The fourth-order valence-electron chi connectivity index (χ4n) is 4.30. The Morgan fingerprint density at radius 3 is 2.97 bits per heavy atom. The Hall–Kier alpha value is -3.48. The Morgan fingerprint density at radius 1 is 1.19 bits per heavy atom. The summed E-state index contributed by atoms with van der Waals surface area (Å²) in [6, 6.07) is 12.0. The van der Waals surface area contributed by atoms with E-state index < -0.39 is 0 Å². The molecule has 0 unspecified atom stereocenters. The maximum Gasteiger partial charge on any atom is 0.231 e. The number of nitrogens with zero attached hydrogens (tertiary/aromatic N) is 1. The first-order valence-corrected chi connectivity index (χ1v) is 10.6. The van der Waals surface area contributed by atoms with Gasteiger partial charge >= 0.3 is 0 Å². The van der Waals surface area contributed by atoms with Crippen molar-refractivity contribution in [3.63, 3.8) is 0 Å². The molecule has 31 heavy (non-hydrogen) atoms. The highest BCUT2D eigenvalue weighted by Crippen LogP contribution is 2.32. The fourth-order valence-corrected chi connectivity index (χ4v) is 4.30. The number of amides is 2. The normalized spacial score (nSPS) is 17.5. The van der Waals surface area contributed by atoms with Gasteiger partial charge in [-0.25, -0.2) is 0 Å². The van der Waals surface area contributed by atoms with Crippen LogP contribution in [0.3, 0.4) is 0 Å². The fraction of sp³-hybridized carbons (Fsp3) is 0.333. The molecule has 0 bridgehead atoms.